The molecule has 9 heavy (non-hydrogen) atoms. The summed E-state index contributed by atoms with van der Waals surface area (Å²) in [5.41, 5.74) is 0.273. The zero-order chi connectivity index (χ0) is 7.33. The fourth-order valence-electron chi connectivity index (χ4n) is 0.780. The van der Waals surface area contributed by atoms with Crippen molar-refractivity contribution in [2.45, 2.75) is 39.5 Å². The minimum atomic E-state index is 0.273. The first-order chi connectivity index (χ1) is 4.06. The van der Waals surface area contributed by atoms with Gasteiger partial charge in [-0.2, -0.15) is 0 Å². The van der Waals surface area contributed by atoms with Crippen molar-refractivity contribution in [3.05, 3.63) is 13.8 Å². The maximum absolute atomic E-state index is 4.02. The van der Waals surface area contributed by atoms with Crippen LogP contribution in [0, 0.1) is 19.3 Å². The van der Waals surface area contributed by atoms with Crippen LogP contribution in [0.5, 0.6) is 0 Å². The van der Waals surface area contributed by atoms with Crippen molar-refractivity contribution in [2.75, 3.05) is 0 Å². The third kappa shape index (κ3) is 8.00. The molecule has 0 aromatic carbocycles. The minimum Gasteiger partial charge on any atom is -0.0599 e. The topological polar surface area (TPSA) is 0 Å². The molecule has 0 N–H and O–H groups in total. The number of hydrogen-bond donors (Lipinski definition) is 0. The maximum Gasteiger partial charge on any atom is -0.0354 e. The van der Waals surface area contributed by atoms with E-state index in [0.29, 0.717) is 0 Å². The maximum atomic E-state index is 4.02. The minimum absolute atomic E-state index is 0.273. The van der Waals surface area contributed by atoms with Gasteiger partial charge in [0.25, 0.3) is 0 Å². The Morgan fingerprint density at radius 2 is 1.78 bits per heavy atom. The van der Waals surface area contributed by atoms with Gasteiger partial charge < -0.3 is 0 Å². The molecule has 0 aromatic rings. The standard InChI is InChI=1S/C9H18/c1-5-6-7-8-9(2,3)4/h1-2,5-8H2,3-4H3. The van der Waals surface area contributed by atoms with Gasteiger partial charge in [0.2, 0.25) is 0 Å². The van der Waals surface area contributed by atoms with Crippen LogP contribution in [0.25, 0.3) is 0 Å². The summed E-state index contributed by atoms with van der Waals surface area (Å²) < 4.78 is 0. The molecule has 0 nitrogen and oxygen atoms in total. The quantitative estimate of drug-likeness (QED) is 0.507. The van der Waals surface area contributed by atoms with Crippen molar-refractivity contribution in [3.8, 4) is 0 Å². The largest absolute Gasteiger partial charge is 0.0599 e. The Morgan fingerprint density at radius 3 is 2.11 bits per heavy atom. The first-order valence-corrected chi connectivity index (χ1v) is 3.71. The Hall–Kier alpha value is 0. The number of hydrogen-bond acceptors (Lipinski definition) is 0. The van der Waals surface area contributed by atoms with Crippen LogP contribution >= 0.6 is 0 Å². The van der Waals surface area contributed by atoms with E-state index in [4.69, 9.17) is 0 Å². The van der Waals surface area contributed by atoms with Gasteiger partial charge in [-0.3, -0.25) is 0 Å². The molecule has 0 heteroatoms. The second-order valence-electron chi connectivity index (χ2n) is 3.47. The van der Waals surface area contributed by atoms with Gasteiger partial charge in [0, 0.05) is 0 Å². The van der Waals surface area contributed by atoms with Crippen LogP contribution in [0.1, 0.15) is 39.5 Å². The smallest absolute Gasteiger partial charge is 0.0354 e. The summed E-state index contributed by atoms with van der Waals surface area (Å²) in [6.07, 6.45) is 4.82. The van der Waals surface area contributed by atoms with Gasteiger partial charge in [0.1, 0.15) is 0 Å². The van der Waals surface area contributed by atoms with Crippen molar-refractivity contribution >= 4 is 0 Å². The molecule has 0 spiro atoms. The van der Waals surface area contributed by atoms with E-state index in [1.54, 1.807) is 0 Å². The van der Waals surface area contributed by atoms with Gasteiger partial charge in [-0.15, -0.1) is 0 Å². The highest BCUT2D eigenvalue weighted by atomic mass is 14.1. The van der Waals surface area contributed by atoms with E-state index in [1.807, 2.05) is 0 Å². The summed E-state index contributed by atoms with van der Waals surface area (Å²) in [6.45, 7) is 12.2. The van der Waals surface area contributed by atoms with Crippen molar-refractivity contribution < 1.29 is 0 Å². The number of rotatable bonds is 4. The van der Waals surface area contributed by atoms with Gasteiger partial charge in [0.15, 0.2) is 0 Å². The third-order valence-electron chi connectivity index (χ3n) is 1.35. The van der Waals surface area contributed by atoms with E-state index in [0.717, 1.165) is 6.42 Å². The van der Waals surface area contributed by atoms with E-state index < -0.39 is 0 Å². The molecular formula is C9H18. The lowest BCUT2D eigenvalue weighted by Gasteiger charge is -2.16. The monoisotopic (exact) mass is 126 g/mol. The van der Waals surface area contributed by atoms with Gasteiger partial charge >= 0.3 is 0 Å². The van der Waals surface area contributed by atoms with Crippen LogP contribution in [0.15, 0.2) is 0 Å². The molecule has 0 aliphatic rings. The molecule has 0 bridgehead atoms. The lowest BCUT2D eigenvalue weighted by molar-refractivity contribution is 0.411. The number of unbranched alkanes of at least 4 members (excludes halogenated alkanes) is 2. The summed E-state index contributed by atoms with van der Waals surface area (Å²) in [4.78, 5) is 0. The van der Waals surface area contributed by atoms with Crippen molar-refractivity contribution in [1.29, 1.82) is 0 Å². The highest BCUT2D eigenvalue weighted by Gasteiger charge is 2.07. The van der Waals surface area contributed by atoms with E-state index >= 15 is 0 Å². The van der Waals surface area contributed by atoms with Crippen molar-refractivity contribution in [3.63, 3.8) is 0 Å². The third-order valence-corrected chi connectivity index (χ3v) is 1.35. The Morgan fingerprint density at radius 1 is 1.22 bits per heavy atom. The molecule has 0 rings (SSSR count). The Balaban J connectivity index is 3.07. The fourth-order valence-corrected chi connectivity index (χ4v) is 0.780. The Bertz CT molecular complexity index is 56.9. The second kappa shape index (κ2) is 3.92. The molecule has 0 amide bonds. The van der Waals surface area contributed by atoms with Crippen molar-refractivity contribution in [2.24, 2.45) is 5.41 Å². The fraction of sp³-hybridized carbons (Fsp3) is 0.778. The van der Waals surface area contributed by atoms with Crippen LogP contribution in [-0.4, -0.2) is 0 Å². The predicted molar refractivity (Wildman–Crippen MR) is 43.0 cm³/mol. The molecule has 0 saturated heterocycles. The summed E-state index contributed by atoms with van der Waals surface area (Å²) in [6, 6.07) is 0. The summed E-state index contributed by atoms with van der Waals surface area (Å²) in [5, 5.41) is 0. The van der Waals surface area contributed by atoms with E-state index in [-0.39, 0.29) is 5.41 Å². The highest BCUT2D eigenvalue weighted by Crippen LogP contribution is 2.21. The van der Waals surface area contributed by atoms with E-state index in [1.165, 1.54) is 19.3 Å². The lowest BCUT2D eigenvalue weighted by Crippen LogP contribution is -2.04. The molecular weight excluding hydrogens is 108 g/mol. The zero-order valence-corrected chi connectivity index (χ0v) is 6.74. The molecule has 0 heterocycles. The first-order valence-electron chi connectivity index (χ1n) is 3.71. The summed E-state index contributed by atoms with van der Waals surface area (Å²) >= 11 is 0. The average molecular weight is 126 g/mol. The van der Waals surface area contributed by atoms with Crippen LogP contribution in [0.3, 0.4) is 0 Å². The lowest BCUT2D eigenvalue weighted by atomic mass is 9.90. The predicted octanol–water partition coefficient (Wildman–Crippen LogP) is 3.24. The van der Waals surface area contributed by atoms with Crippen molar-refractivity contribution in [1.82, 2.24) is 0 Å². The molecule has 0 aromatic heterocycles. The van der Waals surface area contributed by atoms with Crippen LogP contribution in [0.4, 0.5) is 0 Å². The SMILES string of the molecule is [CH2]CCCCC([CH2])(C)C. The molecule has 0 aliphatic heterocycles. The van der Waals surface area contributed by atoms with Gasteiger partial charge in [-0.25, -0.2) is 0 Å². The van der Waals surface area contributed by atoms with Crippen LogP contribution < -0.4 is 0 Å². The zero-order valence-electron chi connectivity index (χ0n) is 6.74. The van der Waals surface area contributed by atoms with E-state index in [9.17, 15) is 0 Å². The summed E-state index contributed by atoms with van der Waals surface area (Å²) in [7, 11) is 0. The molecule has 2 radical (unpaired) electrons. The second-order valence-corrected chi connectivity index (χ2v) is 3.47. The van der Waals surface area contributed by atoms with Gasteiger partial charge in [-0.1, -0.05) is 40.0 Å². The molecule has 54 valence electrons. The Kier molecular flexibility index (Phi) is 3.92. The molecule has 0 aliphatic carbocycles. The molecule has 0 atom stereocenters. The van der Waals surface area contributed by atoms with Crippen LogP contribution in [-0.2, 0) is 0 Å². The average Bonchev–Trinajstić information content (AvgIpc) is 1.63. The summed E-state index contributed by atoms with van der Waals surface area (Å²) in [5.74, 6) is 0. The molecule has 0 saturated carbocycles. The van der Waals surface area contributed by atoms with Gasteiger partial charge in [0.05, 0.1) is 0 Å². The molecule has 0 unspecified atom stereocenters. The van der Waals surface area contributed by atoms with Gasteiger partial charge in [-0.05, 0) is 18.8 Å². The Labute approximate surface area is 59.7 Å². The van der Waals surface area contributed by atoms with Crippen LogP contribution in [0.2, 0.25) is 0 Å². The highest BCUT2D eigenvalue weighted by molar-refractivity contribution is 4.69. The molecule has 0 fully saturated rings. The first kappa shape index (κ1) is 9.00. The van der Waals surface area contributed by atoms with E-state index in [2.05, 4.69) is 27.7 Å². The normalized spacial score (nSPS) is 12.0.